The third kappa shape index (κ3) is 3.63. The number of rotatable bonds is 6. The van der Waals surface area contributed by atoms with Crippen LogP contribution in [0.15, 0.2) is 18.2 Å². The first-order valence-corrected chi connectivity index (χ1v) is 7.61. The number of hydrogen-bond acceptors (Lipinski definition) is 5. The minimum atomic E-state index is -0.578. The van der Waals surface area contributed by atoms with Gasteiger partial charge in [-0.15, -0.1) is 0 Å². The van der Waals surface area contributed by atoms with Crippen LogP contribution in [-0.2, 0) is 0 Å². The van der Waals surface area contributed by atoms with Gasteiger partial charge in [-0.1, -0.05) is 6.92 Å². The maximum Gasteiger partial charge on any atom is 0.292 e. The van der Waals surface area contributed by atoms with Crippen LogP contribution in [0.4, 0.5) is 11.4 Å². The lowest BCUT2D eigenvalue weighted by Gasteiger charge is -2.26. The molecule has 0 fully saturated rings. The Morgan fingerprint density at radius 1 is 1.55 bits per heavy atom. The predicted molar refractivity (Wildman–Crippen MR) is 82.1 cm³/mol. The number of carbonyl (C=O) groups is 1. The molecular formula is C13H19N3O3S. The Balaban J connectivity index is 3.02. The van der Waals surface area contributed by atoms with Crippen molar-refractivity contribution in [3.63, 3.8) is 0 Å². The van der Waals surface area contributed by atoms with E-state index in [-0.39, 0.29) is 28.9 Å². The number of thioether (sulfide) groups is 1. The van der Waals surface area contributed by atoms with Crippen LogP contribution in [0.3, 0.4) is 0 Å². The molecule has 1 unspecified atom stereocenters. The number of hydrogen-bond donors (Lipinski definition) is 1. The van der Waals surface area contributed by atoms with E-state index in [4.69, 9.17) is 5.73 Å². The number of anilines is 1. The molecule has 1 atom stereocenters. The van der Waals surface area contributed by atoms with Crippen LogP contribution < -0.4 is 5.73 Å². The number of benzene rings is 1. The van der Waals surface area contributed by atoms with Gasteiger partial charge in [0.2, 0.25) is 0 Å². The summed E-state index contributed by atoms with van der Waals surface area (Å²) in [5.74, 6) is 0.601. The number of carbonyl (C=O) groups excluding carboxylic acids is 1. The maximum absolute atomic E-state index is 12.4. The van der Waals surface area contributed by atoms with Crippen molar-refractivity contribution in [1.82, 2.24) is 4.90 Å². The Hall–Kier alpha value is -1.76. The number of nitro groups is 1. The molecule has 0 saturated carbocycles. The third-order valence-electron chi connectivity index (χ3n) is 3.17. The van der Waals surface area contributed by atoms with Gasteiger partial charge in [-0.2, -0.15) is 11.8 Å². The number of amides is 1. The molecule has 1 aromatic rings. The van der Waals surface area contributed by atoms with E-state index >= 15 is 0 Å². The molecular weight excluding hydrogens is 278 g/mol. The van der Waals surface area contributed by atoms with Crippen LogP contribution in [0, 0.1) is 10.1 Å². The molecule has 0 radical (unpaired) electrons. The van der Waals surface area contributed by atoms with E-state index in [1.807, 2.05) is 13.2 Å². The summed E-state index contributed by atoms with van der Waals surface area (Å²) in [5.41, 5.74) is 5.64. The first-order chi connectivity index (χ1) is 9.42. The lowest BCUT2D eigenvalue weighted by molar-refractivity contribution is -0.383. The fraction of sp³-hybridized carbons (Fsp3) is 0.462. The minimum absolute atomic E-state index is 0.0605. The normalized spacial score (nSPS) is 11.9. The van der Waals surface area contributed by atoms with E-state index in [0.29, 0.717) is 0 Å². The van der Waals surface area contributed by atoms with E-state index in [1.165, 1.54) is 18.2 Å². The highest BCUT2D eigenvalue weighted by atomic mass is 32.2. The zero-order valence-electron chi connectivity index (χ0n) is 11.8. The molecule has 1 aromatic carbocycles. The Labute approximate surface area is 122 Å². The van der Waals surface area contributed by atoms with E-state index in [0.717, 1.165) is 12.2 Å². The molecule has 110 valence electrons. The fourth-order valence-electron chi connectivity index (χ4n) is 1.90. The Morgan fingerprint density at radius 3 is 2.70 bits per heavy atom. The van der Waals surface area contributed by atoms with Crippen molar-refractivity contribution in [1.29, 1.82) is 0 Å². The van der Waals surface area contributed by atoms with Gasteiger partial charge in [0.15, 0.2) is 0 Å². The van der Waals surface area contributed by atoms with Crippen molar-refractivity contribution in [3.05, 3.63) is 33.9 Å². The van der Waals surface area contributed by atoms with Gasteiger partial charge in [0.05, 0.1) is 4.92 Å². The molecule has 1 amide bonds. The second-order valence-electron chi connectivity index (χ2n) is 4.46. The van der Waals surface area contributed by atoms with Crippen LogP contribution in [0.5, 0.6) is 0 Å². The lowest BCUT2D eigenvalue weighted by atomic mass is 10.1. The molecule has 20 heavy (non-hydrogen) atoms. The molecule has 0 bridgehead atoms. The first-order valence-electron chi connectivity index (χ1n) is 6.22. The third-order valence-corrected chi connectivity index (χ3v) is 3.89. The molecule has 7 heteroatoms. The molecule has 0 heterocycles. The standard InChI is InChI=1S/C13H19N3O3S/c1-4-10(8-20-3)15(2)13(17)9-5-6-11(14)12(7-9)16(18)19/h5-7,10H,4,8,14H2,1-3H3. The summed E-state index contributed by atoms with van der Waals surface area (Å²) >= 11 is 1.66. The van der Waals surface area contributed by atoms with Crippen molar-refractivity contribution in [2.24, 2.45) is 0 Å². The van der Waals surface area contributed by atoms with Gasteiger partial charge < -0.3 is 10.6 Å². The van der Waals surface area contributed by atoms with Crippen LogP contribution >= 0.6 is 11.8 Å². The molecule has 0 aliphatic carbocycles. The molecule has 2 N–H and O–H groups in total. The van der Waals surface area contributed by atoms with Crippen LogP contribution in [-0.4, -0.2) is 40.8 Å². The zero-order valence-corrected chi connectivity index (χ0v) is 12.6. The lowest BCUT2D eigenvalue weighted by Crippen LogP contribution is -2.38. The number of nitrogens with two attached hydrogens (primary N) is 1. The summed E-state index contributed by atoms with van der Waals surface area (Å²) in [6.07, 6.45) is 2.81. The SMILES string of the molecule is CCC(CSC)N(C)C(=O)c1ccc(N)c([N+](=O)[O-])c1. The number of nitrogen functional groups attached to an aromatic ring is 1. The molecule has 0 aliphatic heterocycles. The Kier molecular flexibility index (Phi) is 5.82. The number of nitrogens with zero attached hydrogens (tertiary/aromatic N) is 2. The number of nitro benzene ring substituents is 1. The van der Waals surface area contributed by atoms with E-state index in [1.54, 1.807) is 23.7 Å². The van der Waals surface area contributed by atoms with Gasteiger partial charge in [-0.05, 0) is 24.8 Å². The quantitative estimate of drug-likeness (QED) is 0.494. The topological polar surface area (TPSA) is 89.5 Å². The summed E-state index contributed by atoms with van der Waals surface area (Å²) in [7, 11) is 1.72. The Bertz CT molecular complexity index is 508. The molecule has 6 nitrogen and oxygen atoms in total. The molecule has 0 aromatic heterocycles. The monoisotopic (exact) mass is 297 g/mol. The highest BCUT2D eigenvalue weighted by Crippen LogP contribution is 2.23. The summed E-state index contributed by atoms with van der Waals surface area (Å²) in [5, 5.41) is 10.9. The van der Waals surface area contributed by atoms with Crippen molar-refractivity contribution >= 4 is 29.0 Å². The molecule has 1 rings (SSSR count). The van der Waals surface area contributed by atoms with Crippen molar-refractivity contribution < 1.29 is 9.72 Å². The van der Waals surface area contributed by atoms with Crippen LogP contribution in [0.1, 0.15) is 23.7 Å². The summed E-state index contributed by atoms with van der Waals surface area (Å²) < 4.78 is 0. The van der Waals surface area contributed by atoms with Gasteiger partial charge in [-0.25, -0.2) is 0 Å². The van der Waals surface area contributed by atoms with Crippen LogP contribution in [0.2, 0.25) is 0 Å². The van der Waals surface area contributed by atoms with Gasteiger partial charge in [0.25, 0.3) is 11.6 Å². The van der Waals surface area contributed by atoms with E-state index < -0.39 is 4.92 Å². The van der Waals surface area contributed by atoms with Gasteiger partial charge in [0, 0.05) is 30.5 Å². The molecule has 0 aliphatic rings. The highest BCUT2D eigenvalue weighted by Gasteiger charge is 2.22. The van der Waals surface area contributed by atoms with Crippen molar-refractivity contribution in [2.75, 3.05) is 24.8 Å². The first kappa shape index (κ1) is 16.3. The molecule has 0 spiro atoms. The van der Waals surface area contributed by atoms with Crippen LogP contribution in [0.25, 0.3) is 0 Å². The van der Waals surface area contributed by atoms with E-state index in [2.05, 4.69) is 0 Å². The average molecular weight is 297 g/mol. The van der Waals surface area contributed by atoms with Crippen molar-refractivity contribution in [3.8, 4) is 0 Å². The second-order valence-corrected chi connectivity index (χ2v) is 5.37. The Morgan fingerprint density at radius 2 is 2.20 bits per heavy atom. The summed E-state index contributed by atoms with van der Waals surface area (Å²) in [6.45, 7) is 2.01. The largest absolute Gasteiger partial charge is 0.393 e. The maximum atomic E-state index is 12.4. The van der Waals surface area contributed by atoms with Gasteiger partial charge >= 0.3 is 0 Å². The van der Waals surface area contributed by atoms with Gasteiger partial charge in [0.1, 0.15) is 5.69 Å². The van der Waals surface area contributed by atoms with Crippen molar-refractivity contribution in [2.45, 2.75) is 19.4 Å². The predicted octanol–water partition coefficient (Wildman–Crippen LogP) is 2.39. The smallest absolute Gasteiger partial charge is 0.292 e. The minimum Gasteiger partial charge on any atom is -0.393 e. The van der Waals surface area contributed by atoms with E-state index in [9.17, 15) is 14.9 Å². The zero-order chi connectivity index (χ0) is 15.3. The second kappa shape index (κ2) is 7.14. The summed E-state index contributed by atoms with van der Waals surface area (Å²) in [4.78, 5) is 24.3. The fourth-order valence-corrected chi connectivity index (χ4v) is 2.74. The summed E-state index contributed by atoms with van der Waals surface area (Å²) in [6, 6.07) is 4.26. The van der Waals surface area contributed by atoms with Gasteiger partial charge in [-0.3, -0.25) is 14.9 Å². The molecule has 0 saturated heterocycles. The highest BCUT2D eigenvalue weighted by molar-refractivity contribution is 7.98. The average Bonchev–Trinajstić information content (AvgIpc) is 2.43.